The lowest BCUT2D eigenvalue weighted by atomic mass is 10.1. The Hall–Kier alpha value is -3.39. The van der Waals surface area contributed by atoms with Gasteiger partial charge in [0, 0.05) is 23.1 Å². The number of anilines is 1. The third-order valence-electron chi connectivity index (χ3n) is 4.81. The minimum absolute atomic E-state index is 0.205. The molecule has 4 aromatic rings. The Morgan fingerprint density at radius 1 is 1.10 bits per heavy atom. The summed E-state index contributed by atoms with van der Waals surface area (Å²) in [4.78, 5) is 24.7. The zero-order chi connectivity index (χ0) is 19.8. The predicted molar refractivity (Wildman–Crippen MR) is 112 cm³/mol. The summed E-state index contributed by atoms with van der Waals surface area (Å²) in [6.07, 6.45) is 0. The van der Waals surface area contributed by atoms with Gasteiger partial charge in [-0.1, -0.05) is 41.6 Å². The number of nitrogens with zero attached hydrogens (tertiary/aromatic N) is 3. The molecule has 3 heterocycles. The molecule has 0 fully saturated rings. The van der Waals surface area contributed by atoms with Gasteiger partial charge < -0.3 is 4.52 Å². The molecule has 29 heavy (non-hydrogen) atoms. The molecule has 0 bridgehead atoms. The average molecular weight is 404 g/mol. The van der Waals surface area contributed by atoms with Crippen molar-refractivity contribution in [2.45, 2.75) is 18.1 Å². The molecule has 0 spiro atoms. The zero-order valence-electron chi connectivity index (χ0n) is 15.3. The smallest absolute Gasteiger partial charge is 0.267 e. The van der Waals surface area contributed by atoms with E-state index >= 15 is 0 Å². The van der Waals surface area contributed by atoms with E-state index in [0.717, 1.165) is 43.8 Å². The number of rotatable bonds is 4. The van der Waals surface area contributed by atoms with Crippen molar-refractivity contribution in [2.24, 2.45) is 0 Å². The summed E-state index contributed by atoms with van der Waals surface area (Å²) in [5, 5.41) is 13.3. The normalized spacial score (nSPS) is 12.8. The molecule has 0 aliphatic carbocycles. The van der Waals surface area contributed by atoms with Crippen LogP contribution in [0, 0.1) is 0 Å². The third-order valence-corrected chi connectivity index (χ3v) is 5.78. The predicted octanol–water partition coefficient (Wildman–Crippen LogP) is 3.44. The summed E-state index contributed by atoms with van der Waals surface area (Å²) in [6.45, 7) is -0.205. The van der Waals surface area contributed by atoms with Crippen LogP contribution >= 0.6 is 11.8 Å². The summed E-state index contributed by atoms with van der Waals surface area (Å²) < 4.78 is 6.36. The van der Waals surface area contributed by atoms with Crippen molar-refractivity contribution in [3.63, 3.8) is 0 Å². The number of benzene rings is 2. The van der Waals surface area contributed by atoms with Crippen LogP contribution in [0.1, 0.15) is 11.3 Å². The monoisotopic (exact) mass is 404 g/mol. The van der Waals surface area contributed by atoms with E-state index in [0.29, 0.717) is 11.6 Å². The fourth-order valence-electron chi connectivity index (χ4n) is 3.32. The van der Waals surface area contributed by atoms with Gasteiger partial charge in [-0.25, -0.2) is 4.68 Å². The average Bonchev–Trinajstić information content (AvgIpc) is 3.34. The van der Waals surface area contributed by atoms with Crippen LogP contribution in [0.5, 0.6) is 0 Å². The topological polar surface area (TPSA) is 90.0 Å². The number of fused-ring (bicyclic) bond motifs is 2. The van der Waals surface area contributed by atoms with Crippen LogP contribution in [0.25, 0.3) is 22.0 Å². The lowest BCUT2D eigenvalue weighted by Gasteiger charge is -2.08. The van der Waals surface area contributed by atoms with Gasteiger partial charge in [-0.05, 0) is 22.9 Å². The zero-order valence-corrected chi connectivity index (χ0v) is 16.1. The first-order chi connectivity index (χ1) is 14.2. The second-order valence-corrected chi connectivity index (χ2v) is 7.74. The van der Waals surface area contributed by atoms with E-state index in [1.165, 1.54) is 6.07 Å². The Balaban J connectivity index is 1.40. The van der Waals surface area contributed by atoms with Crippen LogP contribution in [-0.2, 0) is 22.8 Å². The second kappa shape index (κ2) is 7.21. The van der Waals surface area contributed by atoms with Crippen molar-refractivity contribution < 1.29 is 9.32 Å². The molecule has 7 nitrogen and oxygen atoms in total. The number of amides is 1. The van der Waals surface area contributed by atoms with Crippen molar-refractivity contribution in [2.75, 3.05) is 5.32 Å². The maximum atomic E-state index is 12.4. The van der Waals surface area contributed by atoms with Gasteiger partial charge in [0.05, 0.1) is 17.0 Å². The first kappa shape index (κ1) is 17.7. The Morgan fingerprint density at radius 3 is 2.86 bits per heavy atom. The standard InChI is InChI=1S/C21H16N4O3S/c26-19(22-21-16-11-29-12-18(16)24-28-21)10-25-20(27)8-7-17(23-25)15-6-5-13-3-1-2-4-14(13)9-15/h1-9H,10-12H2,(H,22,26). The molecular formula is C21H16N4O3S. The van der Waals surface area contributed by atoms with E-state index < -0.39 is 0 Å². The van der Waals surface area contributed by atoms with Gasteiger partial charge in [-0.2, -0.15) is 16.9 Å². The molecule has 5 rings (SSSR count). The molecule has 1 N–H and O–H groups in total. The lowest BCUT2D eigenvalue weighted by molar-refractivity contribution is -0.117. The highest BCUT2D eigenvalue weighted by molar-refractivity contribution is 7.98. The molecule has 1 aliphatic rings. The van der Waals surface area contributed by atoms with Crippen LogP contribution in [-0.4, -0.2) is 20.8 Å². The van der Waals surface area contributed by atoms with E-state index in [-0.39, 0.29) is 18.0 Å². The van der Waals surface area contributed by atoms with Gasteiger partial charge in [0.2, 0.25) is 11.8 Å². The van der Waals surface area contributed by atoms with Crippen molar-refractivity contribution in [3.8, 4) is 11.3 Å². The molecule has 0 atom stereocenters. The number of nitrogens with one attached hydrogen (secondary N) is 1. The minimum Gasteiger partial charge on any atom is -0.338 e. The molecular weight excluding hydrogens is 388 g/mol. The van der Waals surface area contributed by atoms with Gasteiger partial charge in [0.1, 0.15) is 6.54 Å². The Labute approximate surface area is 169 Å². The van der Waals surface area contributed by atoms with Crippen molar-refractivity contribution in [1.29, 1.82) is 0 Å². The number of aromatic nitrogens is 3. The highest BCUT2D eigenvalue weighted by Crippen LogP contribution is 2.34. The molecule has 2 aromatic carbocycles. The quantitative estimate of drug-likeness (QED) is 0.560. The molecule has 144 valence electrons. The molecule has 2 aromatic heterocycles. The molecule has 0 saturated carbocycles. The van der Waals surface area contributed by atoms with Crippen molar-refractivity contribution in [1.82, 2.24) is 14.9 Å². The van der Waals surface area contributed by atoms with Crippen molar-refractivity contribution >= 4 is 34.3 Å². The number of thioether (sulfide) groups is 1. The molecule has 8 heteroatoms. The fraction of sp³-hybridized carbons (Fsp3) is 0.143. The molecule has 0 unspecified atom stereocenters. The Bertz CT molecular complexity index is 1290. The largest absolute Gasteiger partial charge is 0.338 e. The maximum Gasteiger partial charge on any atom is 0.267 e. The van der Waals surface area contributed by atoms with Crippen LogP contribution in [0.2, 0.25) is 0 Å². The highest BCUT2D eigenvalue weighted by atomic mass is 32.2. The first-order valence-corrected chi connectivity index (χ1v) is 10.3. The minimum atomic E-state index is -0.383. The van der Waals surface area contributed by atoms with Crippen LogP contribution in [0.15, 0.2) is 63.9 Å². The summed E-state index contributed by atoms with van der Waals surface area (Å²) in [6, 6.07) is 17.1. The van der Waals surface area contributed by atoms with Crippen LogP contribution in [0.3, 0.4) is 0 Å². The summed E-state index contributed by atoms with van der Waals surface area (Å²) >= 11 is 1.72. The number of hydrogen-bond donors (Lipinski definition) is 1. The Morgan fingerprint density at radius 2 is 1.97 bits per heavy atom. The molecule has 1 aliphatic heterocycles. The van der Waals surface area contributed by atoms with Crippen molar-refractivity contribution in [3.05, 3.63) is 76.2 Å². The second-order valence-electron chi connectivity index (χ2n) is 6.75. The molecule has 1 amide bonds. The fourth-order valence-corrected chi connectivity index (χ4v) is 4.34. The van der Waals surface area contributed by atoms with Gasteiger partial charge in [0.15, 0.2) is 0 Å². The van der Waals surface area contributed by atoms with Gasteiger partial charge >= 0.3 is 0 Å². The van der Waals surface area contributed by atoms with Crippen LogP contribution < -0.4 is 10.9 Å². The van der Waals surface area contributed by atoms with E-state index in [9.17, 15) is 9.59 Å². The summed E-state index contributed by atoms with van der Waals surface area (Å²) in [7, 11) is 0. The van der Waals surface area contributed by atoms with E-state index in [4.69, 9.17) is 4.52 Å². The summed E-state index contributed by atoms with van der Waals surface area (Å²) in [5.41, 5.74) is 2.93. The van der Waals surface area contributed by atoms with Gasteiger partial charge in [-0.3, -0.25) is 14.9 Å². The SMILES string of the molecule is O=C(Cn1nc(-c2ccc3ccccc3c2)ccc1=O)Nc1onc2c1CSC2. The van der Waals surface area contributed by atoms with Crippen LogP contribution in [0.4, 0.5) is 5.88 Å². The number of carbonyl (C=O) groups excluding carboxylic acids is 1. The number of hydrogen-bond acceptors (Lipinski definition) is 6. The van der Waals surface area contributed by atoms with Gasteiger partial charge in [0.25, 0.3) is 5.56 Å². The maximum absolute atomic E-state index is 12.4. The molecule has 0 radical (unpaired) electrons. The summed E-state index contributed by atoms with van der Waals surface area (Å²) in [5.74, 6) is 1.51. The molecule has 0 saturated heterocycles. The first-order valence-electron chi connectivity index (χ1n) is 9.10. The van der Waals surface area contributed by atoms with E-state index in [1.807, 2.05) is 42.5 Å². The third kappa shape index (κ3) is 3.42. The highest BCUT2D eigenvalue weighted by Gasteiger charge is 2.23. The number of carbonyl (C=O) groups is 1. The van der Waals surface area contributed by atoms with E-state index in [2.05, 4.69) is 15.6 Å². The van der Waals surface area contributed by atoms with Gasteiger partial charge in [-0.15, -0.1) is 0 Å². The Kier molecular flexibility index (Phi) is 4.40. The lowest BCUT2D eigenvalue weighted by Crippen LogP contribution is -2.29. The van der Waals surface area contributed by atoms with E-state index in [1.54, 1.807) is 17.8 Å².